The minimum absolute atomic E-state index is 0.796. The van der Waals surface area contributed by atoms with Crippen molar-refractivity contribution in [3.63, 3.8) is 0 Å². The summed E-state index contributed by atoms with van der Waals surface area (Å²) in [6, 6.07) is 7.94. The summed E-state index contributed by atoms with van der Waals surface area (Å²) in [4.78, 5) is 2.22. The van der Waals surface area contributed by atoms with Crippen LogP contribution in [0.2, 0.25) is 5.02 Å². The van der Waals surface area contributed by atoms with Crippen molar-refractivity contribution in [1.82, 2.24) is 5.32 Å². The standard InChI is InChI=1S/C10H12ClN2/c11-9-2-1-3-10(8-9)13-6-4-12-5-7-13/h1-3,6,8,12H,4-5,7H2. The monoisotopic (exact) mass is 195 g/mol. The van der Waals surface area contributed by atoms with Gasteiger partial charge in [0.15, 0.2) is 0 Å². The summed E-state index contributed by atoms with van der Waals surface area (Å²) >= 11 is 5.91. The van der Waals surface area contributed by atoms with Crippen LogP contribution in [0.5, 0.6) is 0 Å². The molecular formula is C10H12ClN2. The highest BCUT2D eigenvalue weighted by Gasteiger charge is 2.10. The molecular weight excluding hydrogens is 184 g/mol. The summed E-state index contributed by atoms with van der Waals surface area (Å²) in [5.41, 5.74) is 1.18. The molecule has 1 heterocycles. The maximum atomic E-state index is 5.91. The van der Waals surface area contributed by atoms with Crippen molar-refractivity contribution in [2.45, 2.75) is 0 Å². The smallest absolute Gasteiger partial charge is 0.0630 e. The number of hydrogen-bond donors (Lipinski definition) is 1. The molecule has 3 heteroatoms. The van der Waals surface area contributed by atoms with Gasteiger partial charge < -0.3 is 10.2 Å². The van der Waals surface area contributed by atoms with Gasteiger partial charge in [0.05, 0.1) is 6.54 Å². The molecule has 0 bridgehead atoms. The van der Waals surface area contributed by atoms with Gasteiger partial charge in [0.25, 0.3) is 0 Å². The van der Waals surface area contributed by atoms with Crippen molar-refractivity contribution in [3.8, 4) is 0 Å². The molecule has 69 valence electrons. The number of benzene rings is 1. The Morgan fingerprint density at radius 2 is 2.31 bits per heavy atom. The average Bonchev–Trinajstić information content (AvgIpc) is 2.19. The van der Waals surface area contributed by atoms with E-state index >= 15 is 0 Å². The molecule has 2 rings (SSSR count). The van der Waals surface area contributed by atoms with Crippen LogP contribution in [-0.4, -0.2) is 19.6 Å². The van der Waals surface area contributed by atoms with Crippen molar-refractivity contribution < 1.29 is 0 Å². The highest BCUT2D eigenvalue weighted by atomic mass is 35.5. The van der Waals surface area contributed by atoms with Gasteiger partial charge in [-0.25, -0.2) is 0 Å². The number of rotatable bonds is 1. The first-order valence-electron chi connectivity index (χ1n) is 4.42. The maximum absolute atomic E-state index is 5.91. The predicted octanol–water partition coefficient (Wildman–Crippen LogP) is 1.91. The first kappa shape index (κ1) is 8.85. The molecule has 0 unspecified atom stereocenters. The molecule has 0 saturated carbocycles. The van der Waals surface area contributed by atoms with Crippen molar-refractivity contribution in [1.29, 1.82) is 0 Å². The topological polar surface area (TPSA) is 15.3 Å². The fraction of sp³-hybridized carbons (Fsp3) is 0.300. The predicted molar refractivity (Wildman–Crippen MR) is 56.0 cm³/mol. The third kappa shape index (κ3) is 2.14. The second-order valence-electron chi connectivity index (χ2n) is 3.06. The second-order valence-corrected chi connectivity index (χ2v) is 3.50. The molecule has 2 nitrogen and oxygen atoms in total. The van der Waals surface area contributed by atoms with Crippen LogP contribution in [0.15, 0.2) is 24.3 Å². The Morgan fingerprint density at radius 1 is 1.38 bits per heavy atom. The Bertz CT molecular complexity index is 282. The molecule has 13 heavy (non-hydrogen) atoms. The van der Waals surface area contributed by atoms with Gasteiger partial charge in [-0.3, -0.25) is 0 Å². The van der Waals surface area contributed by atoms with Gasteiger partial charge in [-0.2, -0.15) is 0 Å². The van der Waals surface area contributed by atoms with Gasteiger partial charge in [-0.1, -0.05) is 17.7 Å². The van der Waals surface area contributed by atoms with Crippen LogP contribution in [0.1, 0.15) is 0 Å². The van der Waals surface area contributed by atoms with Gasteiger partial charge in [0.2, 0.25) is 0 Å². The van der Waals surface area contributed by atoms with Crippen LogP contribution in [-0.2, 0) is 0 Å². The van der Waals surface area contributed by atoms with Crippen LogP contribution in [0.25, 0.3) is 0 Å². The molecule has 1 fully saturated rings. The number of nitrogens with one attached hydrogen (secondary N) is 1. The lowest BCUT2D eigenvalue weighted by molar-refractivity contribution is 0.640. The molecule has 0 amide bonds. The average molecular weight is 196 g/mol. The lowest BCUT2D eigenvalue weighted by Crippen LogP contribution is -2.39. The van der Waals surface area contributed by atoms with Crippen LogP contribution >= 0.6 is 11.6 Å². The lowest BCUT2D eigenvalue weighted by Gasteiger charge is -2.28. The van der Waals surface area contributed by atoms with E-state index in [9.17, 15) is 0 Å². The number of hydrogen-bond acceptors (Lipinski definition) is 2. The molecule has 0 atom stereocenters. The summed E-state index contributed by atoms with van der Waals surface area (Å²) in [7, 11) is 0. The van der Waals surface area contributed by atoms with Crippen molar-refractivity contribution in [2.24, 2.45) is 0 Å². The summed E-state index contributed by atoms with van der Waals surface area (Å²) < 4.78 is 0. The summed E-state index contributed by atoms with van der Waals surface area (Å²) in [5.74, 6) is 0. The maximum Gasteiger partial charge on any atom is 0.0630 e. The van der Waals surface area contributed by atoms with Crippen LogP contribution < -0.4 is 10.2 Å². The minimum Gasteiger partial charge on any atom is -0.364 e. The lowest BCUT2D eigenvalue weighted by atomic mass is 10.2. The van der Waals surface area contributed by atoms with Crippen molar-refractivity contribution in [3.05, 3.63) is 35.8 Å². The van der Waals surface area contributed by atoms with Gasteiger partial charge >= 0.3 is 0 Å². The first-order valence-corrected chi connectivity index (χ1v) is 4.80. The molecule has 1 aromatic carbocycles. The van der Waals surface area contributed by atoms with E-state index in [4.69, 9.17) is 11.6 Å². The van der Waals surface area contributed by atoms with Crippen molar-refractivity contribution >= 4 is 17.3 Å². The molecule has 1 aliphatic heterocycles. The van der Waals surface area contributed by atoms with Gasteiger partial charge in [-0.15, -0.1) is 0 Å². The van der Waals surface area contributed by atoms with Crippen LogP contribution in [0.3, 0.4) is 0 Å². The fourth-order valence-corrected chi connectivity index (χ4v) is 1.64. The summed E-state index contributed by atoms with van der Waals surface area (Å²) in [6.45, 7) is 5.13. The molecule has 0 aliphatic carbocycles. The van der Waals surface area contributed by atoms with E-state index in [1.807, 2.05) is 18.2 Å². The first-order chi connectivity index (χ1) is 6.36. The van der Waals surface area contributed by atoms with Gasteiger partial charge in [0.1, 0.15) is 0 Å². The zero-order valence-electron chi connectivity index (χ0n) is 7.33. The largest absolute Gasteiger partial charge is 0.364 e. The summed E-state index contributed by atoms with van der Waals surface area (Å²) in [5, 5.41) is 4.06. The van der Waals surface area contributed by atoms with Gasteiger partial charge in [-0.05, 0) is 18.2 Å². The zero-order chi connectivity index (χ0) is 9.10. The van der Waals surface area contributed by atoms with E-state index in [0.717, 1.165) is 24.7 Å². The van der Waals surface area contributed by atoms with E-state index in [2.05, 4.69) is 22.8 Å². The normalized spacial score (nSPS) is 17.5. The molecule has 1 saturated heterocycles. The Labute approximate surface area is 83.5 Å². The molecule has 1 aromatic rings. The molecule has 1 radical (unpaired) electrons. The summed E-state index contributed by atoms with van der Waals surface area (Å²) in [6.07, 6.45) is 0. The Hall–Kier alpha value is -0.730. The zero-order valence-corrected chi connectivity index (χ0v) is 8.09. The van der Waals surface area contributed by atoms with E-state index in [-0.39, 0.29) is 0 Å². The van der Waals surface area contributed by atoms with E-state index in [1.54, 1.807) is 0 Å². The Kier molecular flexibility index (Phi) is 2.71. The van der Waals surface area contributed by atoms with Crippen LogP contribution in [0.4, 0.5) is 5.69 Å². The fourth-order valence-electron chi connectivity index (χ4n) is 1.46. The van der Waals surface area contributed by atoms with E-state index < -0.39 is 0 Å². The highest BCUT2D eigenvalue weighted by molar-refractivity contribution is 6.30. The molecule has 1 N–H and O–H groups in total. The van der Waals surface area contributed by atoms with E-state index in [1.165, 1.54) is 5.69 Å². The van der Waals surface area contributed by atoms with Gasteiger partial charge in [0, 0.05) is 30.3 Å². The Morgan fingerprint density at radius 3 is 3.00 bits per heavy atom. The van der Waals surface area contributed by atoms with E-state index in [0.29, 0.717) is 0 Å². The second kappa shape index (κ2) is 3.99. The molecule has 1 aliphatic rings. The third-order valence-corrected chi connectivity index (χ3v) is 2.36. The van der Waals surface area contributed by atoms with Crippen LogP contribution in [0, 0.1) is 6.54 Å². The molecule has 0 aromatic heterocycles. The number of anilines is 1. The minimum atomic E-state index is 0.796. The quantitative estimate of drug-likeness (QED) is 0.737. The number of halogens is 1. The Balaban J connectivity index is 2.14. The third-order valence-electron chi connectivity index (χ3n) is 2.13. The SMILES string of the molecule is Clc1cccc(N2[CH]CNCC2)c1. The highest BCUT2D eigenvalue weighted by Crippen LogP contribution is 2.20. The number of piperazine rings is 1. The molecule has 0 spiro atoms. The van der Waals surface area contributed by atoms with Crippen molar-refractivity contribution in [2.75, 3.05) is 24.5 Å². The number of nitrogens with zero attached hydrogens (tertiary/aromatic N) is 1.